The van der Waals surface area contributed by atoms with Crippen molar-refractivity contribution >= 4 is 23.7 Å². The van der Waals surface area contributed by atoms with Gasteiger partial charge < -0.3 is 15.6 Å². The fraction of sp³-hybridized carbons (Fsp3) is 0.667. The lowest BCUT2D eigenvalue weighted by atomic mass is 9.80. The highest BCUT2D eigenvalue weighted by molar-refractivity contribution is 7.99. The second-order valence-corrected chi connectivity index (χ2v) is 8.26. The average Bonchev–Trinajstić information content (AvgIpc) is 3.01. The highest BCUT2D eigenvalue weighted by atomic mass is 32.2. The number of hydrogen-bond donors (Lipinski definition) is 2. The third kappa shape index (κ3) is 3.14. The normalized spacial score (nSPS) is 36.7. The monoisotopic (exact) mass is 351 g/mol. The fourth-order valence-electron chi connectivity index (χ4n) is 4.43. The zero-order chi connectivity index (χ0) is 17.4. The lowest BCUT2D eigenvalue weighted by molar-refractivity contribution is -0.145. The Morgan fingerprint density at radius 3 is 2.75 bits per heavy atom. The van der Waals surface area contributed by atoms with Crippen LogP contribution < -0.4 is 5.73 Å². The van der Waals surface area contributed by atoms with Crippen molar-refractivity contribution in [3.8, 4) is 0 Å². The van der Waals surface area contributed by atoms with Crippen molar-refractivity contribution in [1.82, 2.24) is 0 Å². The van der Waals surface area contributed by atoms with Gasteiger partial charge in [-0.3, -0.25) is 9.59 Å². The smallest absolute Gasteiger partial charge is 0.321 e. The van der Waals surface area contributed by atoms with E-state index in [0.29, 0.717) is 17.4 Å². The van der Waals surface area contributed by atoms with E-state index >= 15 is 0 Å². The van der Waals surface area contributed by atoms with Crippen molar-refractivity contribution in [2.45, 2.75) is 37.8 Å². The van der Waals surface area contributed by atoms with Crippen molar-refractivity contribution in [2.24, 2.45) is 29.4 Å². The minimum Gasteiger partial charge on any atom is -0.480 e. The number of aliphatic carboxylic acids is 1. The van der Waals surface area contributed by atoms with E-state index in [-0.39, 0.29) is 29.8 Å². The molecule has 3 unspecified atom stereocenters. The van der Waals surface area contributed by atoms with E-state index in [2.05, 4.69) is 13.2 Å². The summed E-state index contributed by atoms with van der Waals surface area (Å²) in [6.07, 6.45) is 3.81. The molecule has 1 saturated heterocycles. The van der Waals surface area contributed by atoms with Gasteiger partial charge >= 0.3 is 11.9 Å². The summed E-state index contributed by atoms with van der Waals surface area (Å²) >= 11 is 1.43. The molecule has 24 heavy (non-hydrogen) atoms. The number of thioether (sulfide) groups is 1. The summed E-state index contributed by atoms with van der Waals surface area (Å²) in [5.41, 5.74) is 7.99. The molecule has 1 heterocycles. The van der Waals surface area contributed by atoms with Crippen molar-refractivity contribution < 1.29 is 19.4 Å². The third-order valence-corrected chi connectivity index (χ3v) is 6.95. The van der Waals surface area contributed by atoms with Gasteiger partial charge in [-0.2, -0.15) is 11.8 Å². The number of carbonyl (C=O) groups excluding carboxylic acids is 1. The molecule has 0 bridgehead atoms. The van der Waals surface area contributed by atoms with E-state index in [4.69, 9.17) is 15.6 Å². The lowest BCUT2D eigenvalue weighted by Crippen LogP contribution is -2.33. The van der Waals surface area contributed by atoms with E-state index < -0.39 is 12.0 Å². The van der Waals surface area contributed by atoms with Gasteiger partial charge in [-0.1, -0.05) is 24.3 Å². The molecule has 6 heteroatoms. The maximum atomic E-state index is 12.4. The molecule has 0 spiro atoms. The summed E-state index contributed by atoms with van der Waals surface area (Å²) in [5, 5.41) is 8.86. The molecule has 6 atom stereocenters. The van der Waals surface area contributed by atoms with Crippen LogP contribution >= 0.6 is 11.8 Å². The quantitative estimate of drug-likeness (QED) is 0.583. The number of fused-ring (bicyclic) bond motifs is 3. The van der Waals surface area contributed by atoms with E-state index in [1.54, 1.807) is 0 Å². The summed E-state index contributed by atoms with van der Waals surface area (Å²) in [4.78, 5) is 23.2. The number of nitrogens with two attached hydrogens (primary N) is 1. The van der Waals surface area contributed by atoms with Gasteiger partial charge in [0.15, 0.2) is 0 Å². The Kier molecular flexibility index (Phi) is 5.06. The number of hydrogen-bond acceptors (Lipinski definition) is 5. The van der Waals surface area contributed by atoms with E-state index in [9.17, 15) is 9.59 Å². The maximum absolute atomic E-state index is 12.4. The Labute approximate surface area is 146 Å². The molecular weight excluding hydrogens is 326 g/mol. The van der Waals surface area contributed by atoms with Crippen LogP contribution in [0.25, 0.3) is 0 Å². The standard InChI is InChI=1S/C18H25NO4S/c1-9-3-6-12-13(7-24-8-14(19)17(20)21)18(22)23-16(12)15-10(2)4-5-11(9)15/h11-16H,1-8,19H2,(H,20,21)/t11?,12-,13?,14-,15?,16-/m0/s1. The number of carbonyl (C=O) groups is 2. The summed E-state index contributed by atoms with van der Waals surface area (Å²) in [6, 6.07) is -0.892. The van der Waals surface area contributed by atoms with Gasteiger partial charge in [0.1, 0.15) is 12.1 Å². The highest BCUT2D eigenvalue weighted by Crippen LogP contribution is 2.52. The minimum absolute atomic E-state index is 0.0875. The molecule has 2 saturated carbocycles. The van der Waals surface area contributed by atoms with Gasteiger partial charge in [-0.25, -0.2) is 0 Å². The molecule has 0 aromatic heterocycles. The molecule has 3 aliphatic rings. The molecule has 0 radical (unpaired) electrons. The van der Waals surface area contributed by atoms with Crippen LogP contribution in [0.4, 0.5) is 0 Å². The Morgan fingerprint density at radius 1 is 1.33 bits per heavy atom. The fourth-order valence-corrected chi connectivity index (χ4v) is 5.60. The number of allylic oxidation sites excluding steroid dienone is 1. The van der Waals surface area contributed by atoms with Crippen molar-refractivity contribution in [3.63, 3.8) is 0 Å². The minimum atomic E-state index is -1.01. The summed E-state index contributed by atoms with van der Waals surface area (Å²) < 4.78 is 5.79. The number of rotatable bonds is 5. The Morgan fingerprint density at radius 2 is 2.04 bits per heavy atom. The number of ether oxygens (including phenoxy) is 1. The first kappa shape index (κ1) is 17.5. The molecule has 3 N–H and O–H groups in total. The van der Waals surface area contributed by atoms with Crippen LogP contribution in [0.3, 0.4) is 0 Å². The molecule has 0 aromatic rings. The molecule has 1 aliphatic heterocycles. The van der Waals surface area contributed by atoms with Crippen LogP contribution in [0.15, 0.2) is 24.3 Å². The van der Waals surface area contributed by atoms with E-state index in [1.165, 1.54) is 22.9 Å². The first-order valence-electron chi connectivity index (χ1n) is 8.52. The second-order valence-electron chi connectivity index (χ2n) is 7.18. The van der Waals surface area contributed by atoms with Crippen LogP contribution in [0, 0.1) is 23.7 Å². The number of carboxylic acids is 1. The zero-order valence-corrected chi connectivity index (χ0v) is 14.6. The summed E-state index contributed by atoms with van der Waals surface area (Å²) in [7, 11) is 0. The Bertz CT molecular complexity index is 575. The maximum Gasteiger partial charge on any atom is 0.321 e. The SMILES string of the molecule is C=C1CC[C@H]2C(CSC[C@H](N)C(=O)O)C(=O)O[C@@H]2C2C(=C)CCC12. The van der Waals surface area contributed by atoms with Crippen LogP contribution in [0.5, 0.6) is 0 Å². The molecule has 2 aliphatic carbocycles. The van der Waals surface area contributed by atoms with E-state index in [0.717, 1.165) is 25.7 Å². The Hall–Kier alpha value is -1.27. The van der Waals surface area contributed by atoms with Crippen LogP contribution in [-0.2, 0) is 14.3 Å². The summed E-state index contributed by atoms with van der Waals surface area (Å²) in [6.45, 7) is 8.47. The molecule has 3 rings (SSSR count). The molecule has 0 aromatic carbocycles. The number of carboxylic acid groups (broad SMARTS) is 1. The highest BCUT2D eigenvalue weighted by Gasteiger charge is 2.53. The van der Waals surface area contributed by atoms with E-state index in [1.807, 2.05) is 0 Å². The van der Waals surface area contributed by atoms with Crippen molar-refractivity contribution in [3.05, 3.63) is 24.3 Å². The zero-order valence-electron chi connectivity index (χ0n) is 13.8. The second kappa shape index (κ2) is 6.92. The largest absolute Gasteiger partial charge is 0.480 e. The lowest BCUT2D eigenvalue weighted by Gasteiger charge is -2.27. The average molecular weight is 351 g/mol. The molecule has 132 valence electrons. The topological polar surface area (TPSA) is 89.6 Å². The predicted molar refractivity (Wildman–Crippen MR) is 93.5 cm³/mol. The molecule has 5 nitrogen and oxygen atoms in total. The first-order valence-corrected chi connectivity index (χ1v) is 9.67. The Balaban J connectivity index is 1.69. The van der Waals surface area contributed by atoms with Crippen LogP contribution in [-0.4, -0.2) is 40.7 Å². The van der Waals surface area contributed by atoms with Crippen LogP contribution in [0.2, 0.25) is 0 Å². The van der Waals surface area contributed by atoms with Crippen molar-refractivity contribution in [2.75, 3.05) is 11.5 Å². The third-order valence-electron chi connectivity index (χ3n) is 5.76. The first-order chi connectivity index (χ1) is 11.4. The van der Waals surface area contributed by atoms with Crippen molar-refractivity contribution in [1.29, 1.82) is 0 Å². The summed E-state index contributed by atoms with van der Waals surface area (Å²) in [5.74, 6) is 0.322. The van der Waals surface area contributed by atoms with Gasteiger partial charge in [0.05, 0.1) is 5.92 Å². The molecular formula is C18H25NO4S. The molecule has 0 amide bonds. The van der Waals surface area contributed by atoms with Crippen LogP contribution in [0.1, 0.15) is 25.7 Å². The molecule has 3 fully saturated rings. The van der Waals surface area contributed by atoms with Gasteiger partial charge in [0.2, 0.25) is 0 Å². The van der Waals surface area contributed by atoms with Gasteiger partial charge in [0, 0.05) is 23.3 Å². The predicted octanol–water partition coefficient (Wildman–Crippen LogP) is 2.22. The van der Waals surface area contributed by atoms with Gasteiger partial charge in [0.25, 0.3) is 0 Å². The van der Waals surface area contributed by atoms with Gasteiger partial charge in [-0.15, -0.1) is 0 Å². The van der Waals surface area contributed by atoms with Gasteiger partial charge in [-0.05, 0) is 31.6 Å². The number of esters is 1.